The van der Waals surface area contributed by atoms with E-state index in [9.17, 15) is 4.39 Å². The summed E-state index contributed by atoms with van der Waals surface area (Å²) in [7, 11) is 0. The fourth-order valence-corrected chi connectivity index (χ4v) is 3.18. The van der Waals surface area contributed by atoms with Crippen LogP contribution in [0.1, 0.15) is 18.5 Å². The fourth-order valence-electron chi connectivity index (χ4n) is 2.61. The van der Waals surface area contributed by atoms with Crippen LogP contribution in [0.5, 0.6) is 0 Å². The molecule has 2 N–H and O–H groups in total. The fraction of sp³-hybridized carbons (Fsp3) is 0.375. The number of piperazine rings is 1. The van der Waals surface area contributed by atoms with Gasteiger partial charge in [0.2, 0.25) is 5.95 Å². The SMILES string of the molecule is C[C@@H](Nc1nc(N2CCNCC2)ncc1F)c1ccc(Cl)cc1Cl. The quantitative estimate of drug-likeness (QED) is 0.863. The third-order valence-electron chi connectivity index (χ3n) is 3.91. The summed E-state index contributed by atoms with van der Waals surface area (Å²) in [5.74, 6) is 0.192. The van der Waals surface area contributed by atoms with Crippen LogP contribution in [0.2, 0.25) is 10.0 Å². The minimum Gasteiger partial charge on any atom is -0.361 e. The van der Waals surface area contributed by atoms with Gasteiger partial charge in [-0.25, -0.2) is 9.37 Å². The number of halogens is 3. The number of aromatic nitrogens is 2. The molecule has 0 radical (unpaired) electrons. The largest absolute Gasteiger partial charge is 0.361 e. The second-order valence-electron chi connectivity index (χ2n) is 5.64. The average Bonchev–Trinajstić information content (AvgIpc) is 2.57. The molecule has 128 valence electrons. The molecule has 1 atom stereocenters. The molecule has 0 amide bonds. The molecule has 1 aromatic carbocycles. The second kappa shape index (κ2) is 7.51. The van der Waals surface area contributed by atoms with Crippen LogP contribution >= 0.6 is 23.2 Å². The molecule has 8 heteroatoms. The molecular weight excluding hydrogens is 352 g/mol. The van der Waals surface area contributed by atoms with E-state index < -0.39 is 5.82 Å². The smallest absolute Gasteiger partial charge is 0.227 e. The summed E-state index contributed by atoms with van der Waals surface area (Å²) < 4.78 is 14.1. The Morgan fingerprint density at radius 3 is 2.75 bits per heavy atom. The Kier molecular flexibility index (Phi) is 5.38. The van der Waals surface area contributed by atoms with Crippen molar-refractivity contribution in [1.82, 2.24) is 15.3 Å². The molecule has 1 saturated heterocycles. The monoisotopic (exact) mass is 369 g/mol. The molecule has 5 nitrogen and oxygen atoms in total. The van der Waals surface area contributed by atoms with Gasteiger partial charge in [-0.05, 0) is 24.6 Å². The standard InChI is InChI=1S/C16H18Cl2FN5/c1-10(12-3-2-11(17)8-13(12)18)22-15-14(19)9-21-16(23-15)24-6-4-20-5-7-24/h2-3,8-10,20H,4-7H2,1H3,(H,21,22,23)/t10-/m1/s1. The Hall–Kier alpha value is -1.63. The minimum absolute atomic E-state index is 0.164. The summed E-state index contributed by atoms with van der Waals surface area (Å²) in [6.45, 7) is 5.20. The summed E-state index contributed by atoms with van der Waals surface area (Å²) in [5.41, 5.74) is 0.822. The van der Waals surface area contributed by atoms with Gasteiger partial charge in [-0.3, -0.25) is 0 Å². The number of nitrogens with one attached hydrogen (secondary N) is 2. The van der Waals surface area contributed by atoms with Crippen molar-refractivity contribution in [2.24, 2.45) is 0 Å². The first-order valence-electron chi connectivity index (χ1n) is 7.74. The van der Waals surface area contributed by atoms with E-state index in [0.29, 0.717) is 16.0 Å². The van der Waals surface area contributed by atoms with Gasteiger partial charge in [-0.15, -0.1) is 0 Å². The van der Waals surface area contributed by atoms with Crippen LogP contribution in [0.4, 0.5) is 16.2 Å². The van der Waals surface area contributed by atoms with Crippen molar-refractivity contribution in [2.45, 2.75) is 13.0 Å². The molecule has 1 fully saturated rings. The lowest BCUT2D eigenvalue weighted by Crippen LogP contribution is -2.44. The Morgan fingerprint density at radius 1 is 1.29 bits per heavy atom. The molecule has 0 bridgehead atoms. The van der Waals surface area contributed by atoms with Crippen molar-refractivity contribution in [3.8, 4) is 0 Å². The predicted molar refractivity (Wildman–Crippen MR) is 95.6 cm³/mol. The number of hydrogen-bond acceptors (Lipinski definition) is 5. The van der Waals surface area contributed by atoms with Gasteiger partial charge in [-0.1, -0.05) is 29.3 Å². The average molecular weight is 370 g/mol. The molecule has 1 aromatic heterocycles. The molecule has 0 saturated carbocycles. The number of anilines is 2. The van der Waals surface area contributed by atoms with Gasteiger partial charge in [0.15, 0.2) is 11.6 Å². The van der Waals surface area contributed by atoms with Crippen molar-refractivity contribution >= 4 is 35.0 Å². The van der Waals surface area contributed by atoms with Gasteiger partial charge >= 0.3 is 0 Å². The van der Waals surface area contributed by atoms with Gasteiger partial charge in [-0.2, -0.15) is 4.98 Å². The van der Waals surface area contributed by atoms with Crippen LogP contribution in [0.25, 0.3) is 0 Å². The molecular formula is C16H18Cl2FN5. The summed E-state index contributed by atoms with van der Waals surface area (Å²) in [5, 5.41) is 7.42. The van der Waals surface area contributed by atoms with E-state index in [1.54, 1.807) is 12.1 Å². The molecule has 2 heterocycles. The lowest BCUT2D eigenvalue weighted by atomic mass is 10.1. The Labute approximate surface area is 150 Å². The lowest BCUT2D eigenvalue weighted by molar-refractivity contribution is 0.572. The lowest BCUT2D eigenvalue weighted by Gasteiger charge is -2.27. The summed E-state index contributed by atoms with van der Waals surface area (Å²) in [6.07, 6.45) is 1.20. The van der Waals surface area contributed by atoms with Crippen LogP contribution in [0.15, 0.2) is 24.4 Å². The van der Waals surface area contributed by atoms with Gasteiger partial charge < -0.3 is 15.5 Å². The van der Waals surface area contributed by atoms with Crippen molar-refractivity contribution in [3.05, 3.63) is 45.8 Å². The van der Waals surface area contributed by atoms with Crippen LogP contribution in [-0.4, -0.2) is 36.1 Å². The second-order valence-corrected chi connectivity index (χ2v) is 6.48. The maximum atomic E-state index is 14.1. The molecule has 3 rings (SSSR count). The van der Waals surface area contributed by atoms with Gasteiger partial charge in [0.1, 0.15) is 0 Å². The third-order valence-corrected chi connectivity index (χ3v) is 4.48. The third kappa shape index (κ3) is 3.88. The molecule has 24 heavy (non-hydrogen) atoms. The highest BCUT2D eigenvalue weighted by molar-refractivity contribution is 6.35. The van der Waals surface area contributed by atoms with E-state index in [4.69, 9.17) is 23.2 Å². The summed E-state index contributed by atoms with van der Waals surface area (Å²) in [6, 6.07) is 5.01. The van der Waals surface area contributed by atoms with Crippen molar-refractivity contribution in [2.75, 3.05) is 36.4 Å². The Balaban J connectivity index is 1.80. The Morgan fingerprint density at radius 2 is 2.04 bits per heavy atom. The highest BCUT2D eigenvalue weighted by atomic mass is 35.5. The van der Waals surface area contributed by atoms with Gasteiger partial charge in [0.05, 0.1) is 12.2 Å². The zero-order valence-electron chi connectivity index (χ0n) is 13.2. The topological polar surface area (TPSA) is 53.1 Å². The van der Waals surface area contributed by atoms with Crippen LogP contribution in [0.3, 0.4) is 0 Å². The normalized spacial score (nSPS) is 16.1. The van der Waals surface area contributed by atoms with Crippen LogP contribution < -0.4 is 15.5 Å². The van der Waals surface area contributed by atoms with E-state index in [1.165, 1.54) is 6.20 Å². The molecule has 2 aromatic rings. The van der Waals surface area contributed by atoms with E-state index in [2.05, 4.69) is 20.6 Å². The Bertz CT molecular complexity index is 722. The molecule has 0 aliphatic carbocycles. The number of rotatable bonds is 4. The first kappa shape index (κ1) is 17.2. The van der Waals surface area contributed by atoms with Crippen molar-refractivity contribution in [1.29, 1.82) is 0 Å². The molecule has 0 unspecified atom stereocenters. The highest BCUT2D eigenvalue weighted by Gasteiger charge is 2.18. The summed E-state index contributed by atoms with van der Waals surface area (Å²) in [4.78, 5) is 10.5. The van der Waals surface area contributed by atoms with Gasteiger partial charge in [0.25, 0.3) is 0 Å². The van der Waals surface area contributed by atoms with E-state index >= 15 is 0 Å². The van der Waals surface area contributed by atoms with Crippen molar-refractivity contribution < 1.29 is 4.39 Å². The minimum atomic E-state index is -0.495. The first-order valence-corrected chi connectivity index (χ1v) is 8.50. The van der Waals surface area contributed by atoms with Gasteiger partial charge in [0, 0.05) is 36.2 Å². The first-order chi connectivity index (χ1) is 11.5. The van der Waals surface area contributed by atoms with E-state index in [-0.39, 0.29) is 11.9 Å². The van der Waals surface area contributed by atoms with E-state index in [0.717, 1.165) is 31.7 Å². The maximum Gasteiger partial charge on any atom is 0.227 e. The van der Waals surface area contributed by atoms with Crippen LogP contribution in [-0.2, 0) is 0 Å². The summed E-state index contributed by atoms with van der Waals surface area (Å²) >= 11 is 12.1. The zero-order chi connectivity index (χ0) is 17.1. The highest BCUT2D eigenvalue weighted by Crippen LogP contribution is 2.29. The molecule has 1 aliphatic heterocycles. The maximum absolute atomic E-state index is 14.1. The van der Waals surface area contributed by atoms with Crippen molar-refractivity contribution in [3.63, 3.8) is 0 Å². The van der Waals surface area contributed by atoms with E-state index in [1.807, 2.05) is 17.9 Å². The number of benzene rings is 1. The van der Waals surface area contributed by atoms with Crippen LogP contribution in [0, 0.1) is 5.82 Å². The zero-order valence-corrected chi connectivity index (χ0v) is 14.7. The predicted octanol–water partition coefficient (Wildman–Crippen LogP) is 3.51. The number of nitrogens with zero attached hydrogens (tertiary/aromatic N) is 3. The molecule has 0 spiro atoms. The number of hydrogen-bond donors (Lipinski definition) is 2. The molecule has 1 aliphatic rings.